The number of halogens is 2. The number of unbranched alkanes of at least 4 members (excludes halogenated alkanes) is 7. The SMILES string of the molecule is CCCCCCCC(=O)OCC(COP(=O)([O-])OCC[N+](C)(C)C)CC(=O)C(F)(F)CCCCCC. The van der Waals surface area contributed by atoms with Crippen molar-refractivity contribution in [3.8, 4) is 0 Å². The lowest BCUT2D eigenvalue weighted by atomic mass is 9.97. The highest BCUT2D eigenvalue weighted by molar-refractivity contribution is 7.45. The van der Waals surface area contributed by atoms with Crippen molar-refractivity contribution < 1.29 is 46.1 Å². The van der Waals surface area contributed by atoms with Crippen LogP contribution in [0.25, 0.3) is 0 Å². The van der Waals surface area contributed by atoms with E-state index in [2.05, 4.69) is 6.92 Å². The number of likely N-dealkylation sites (N-methyl/N-ethyl adjacent to an activating group) is 1. The second-order valence-corrected chi connectivity index (χ2v) is 11.9. The van der Waals surface area contributed by atoms with Gasteiger partial charge < -0.3 is 23.2 Å². The predicted octanol–water partition coefficient (Wildman–Crippen LogP) is 5.28. The maximum atomic E-state index is 14.4. The molecule has 0 saturated carbocycles. The molecular formula is C25H48F2NO7P. The Kier molecular flexibility index (Phi) is 17.9. The fourth-order valence-electron chi connectivity index (χ4n) is 3.31. The van der Waals surface area contributed by atoms with E-state index < -0.39 is 50.9 Å². The number of nitrogens with zero attached hydrogens (tertiary/aromatic N) is 1. The maximum Gasteiger partial charge on any atom is 0.305 e. The Bertz CT molecular complexity index is 671. The lowest BCUT2D eigenvalue weighted by molar-refractivity contribution is -0.870. The summed E-state index contributed by atoms with van der Waals surface area (Å²) in [7, 11) is 0.873. The van der Waals surface area contributed by atoms with Crippen LogP contribution < -0.4 is 4.89 Å². The van der Waals surface area contributed by atoms with Gasteiger partial charge in [-0.3, -0.25) is 14.2 Å². The monoisotopic (exact) mass is 543 g/mol. The molecule has 0 aliphatic rings. The molecular weight excluding hydrogens is 495 g/mol. The summed E-state index contributed by atoms with van der Waals surface area (Å²) in [6.45, 7) is 3.36. The summed E-state index contributed by atoms with van der Waals surface area (Å²) >= 11 is 0. The lowest BCUT2D eigenvalue weighted by Crippen LogP contribution is -2.37. The van der Waals surface area contributed by atoms with Crippen molar-refractivity contribution in [1.29, 1.82) is 0 Å². The molecule has 0 aliphatic carbocycles. The Morgan fingerprint density at radius 3 is 2.08 bits per heavy atom. The number of ether oxygens (including phenoxy) is 1. The lowest BCUT2D eigenvalue weighted by Gasteiger charge is -2.28. The summed E-state index contributed by atoms with van der Waals surface area (Å²) < 4.78 is 56.2. The number of carbonyl (C=O) groups excluding carboxylic acids is 2. The number of phosphoric ester groups is 1. The Balaban J connectivity index is 4.95. The Labute approximate surface area is 216 Å². The number of phosphoric acid groups is 1. The summed E-state index contributed by atoms with van der Waals surface area (Å²) in [5.41, 5.74) is 0. The Morgan fingerprint density at radius 1 is 0.917 bits per heavy atom. The second kappa shape index (κ2) is 18.3. The smallest absolute Gasteiger partial charge is 0.305 e. The fraction of sp³-hybridized carbons (Fsp3) is 0.920. The van der Waals surface area contributed by atoms with Gasteiger partial charge >= 0.3 is 11.9 Å². The highest BCUT2D eigenvalue weighted by Gasteiger charge is 2.39. The van der Waals surface area contributed by atoms with E-state index in [0.717, 1.165) is 38.5 Å². The Hall–Kier alpha value is -0.930. The van der Waals surface area contributed by atoms with E-state index in [0.29, 0.717) is 23.9 Å². The van der Waals surface area contributed by atoms with E-state index >= 15 is 0 Å². The first-order valence-electron chi connectivity index (χ1n) is 13.2. The molecule has 0 radical (unpaired) electrons. The minimum atomic E-state index is -4.72. The predicted molar refractivity (Wildman–Crippen MR) is 134 cm³/mol. The number of esters is 1. The van der Waals surface area contributed by atoms with Gasteiger partial charge in [0, 0.05) is 25.2 Å². The molecule has 0 spiro atoms. The maximum absolute atomic E-state index is 14.4. The third kappa shape index (κ3) is 19.2. The van der Waals surface area contributed by atoms with Crippen molar-refractivity contribution in [2.75, 3.05) is 47.5 Å². The third-order valence-corrected chi connectivity index (χ3v) is 6.63. The van der Waals surface area contributed by atoms with Crippen LogP contribution in [0.4, 0.5) is 8.78 Å². The van der Waals surface area contributed by atoms with Gasteiger partial charge in [-0.05, 0) is 12.8 Å². The number of ketones is 1. The first kappa shape index (κ1) is 35.1. The number of hydrogen-bond donors (Lipinski definition) is 0. The standard InChI is InChI=1S/C25H48F2NO7P/c1-6-8-10-12-13-15-24(30)33-20-22(19-23(29)25(26,27)16-14-11-9-7-2)21-35-36(31,32)34-18-17-28(3,4)5/h22H,6-21H2,1-5H3. The van der Waals surface area contributed by atoms with Gasteiger partial charge in [0.05, 0.1) is 34.4 Å². The van der Waals surface area contributed by atoms with Gasteiger partial charge in [-0.1, -0.05) is 58.8 Å². The zero-order valence-corrected chi connectivity index (χ0v) is 23.8. The zero-order valence-electron chi connectivity index (χ0n) is 22.9. The van der Waals surface area contributed by atoms with Crippen LogP contribution >= 0.6 is 7.82 Å². The van der Waals surface area contributed by atoms with Crippen LogP contribution in [0.2, 0.25) is 0 Å². The van der Waals surface area contributed by atoms with Crippen LogP contribution in [0.1, 0.15) is 90.9 Å². The second-order valence-electron chi connectivity index (χ2n) is 10.4. The molecule has 11 heteroatoms. The largest absolute Gasteiger partial charge is 0.756 e. The van der Waals surface area contributed by atoms with E-state index in [9.17, 15) is 27.8 Å². The highest BCUT2D eigenvalue weighted by Crippen LogP contribution is 2.39. The molecule has 0 aromatic rings. The minimum Gasteiger partial charge on any atom is -0.756 e. The van der Waals surface area contributed by atoms with Crippen LogP contribution in [0.3, 0.4) is 0 Å². The number of hydrogen-bond acceptors (Lipinski definition) is 7. The average molecular weight is 544 g/mol. The molecule has 2 atom stereocenters. The summed E-state index contributed by atoms with van der Waals surface area (Å²) in [6, 6.07) is 0. The van der Waals surface area contributed by atoms with Crippen molar-refractivity contribution in [1.82, 2.24) is 0 Å². The molecule has 0 fully saturated rings. The van der Waals surface area contributed by atoms with Gasteiger partial charge in [0.25, 0.3) is 7.82 Å². The zero-order chi connectivity index (χ0) is 27.7. The van der Waals surface area contributed by atoms with Crippen LogP contribution in [0.5, 0.6) is 0 Å². The molecule has 0 aromatic carbocycles. The van der Waals surface area contributed by atoms with Gasteiger partial charge in [0.1, 0.15) is 13.2 Å². The first-order chi connectivity index (χ1) is 16.7. The summed E-state index contributed by atoms with van der Waals surface area (Å²) in [5.74, 6) is -6.39. The molecule has 0 aromatic heterocycles. The normalized spacial score (nSPS) is 14.9. The summed E-state index contributed by atoms with van der Waals surface area (Å²) in [4.78, 5) is 36.5. The number of carbonyl (C=O) groups is 2. The molecule has 0 saturated heterocycles. The molecule has 0 aliphatic heterocycles. The van der Waals surface area contributed by atoms with Crippen LogP contribution in [-0.4, -0.2) is 69.7 Å². The first-order valence-corrected chi connectivity index (χ1v) is 14.7. The molecule has 0 bridgehead atoms. The van der Waals surface area contributed by atoms with Crippen LogP contribution in [0.15, 0.2) is 0 Å². The number of quaternary nitrogens is 1. The number of rotatable bonds is 23. The third-order valence-electron chi connectivity index (χ3n) is 5.67. The highest BCUT2D eigenvalue weighted by atomic mass is 31.2. The van der Waals surface area contributed by atoms with Gasteiger partial charge in [-0.25, -0.2) is 0 Å². The molecule has 214 valence electrons. The number of Topliss-reactive ketones (excluding diaryl/α,β-unsaturated/α-hetero) is 1. The van der Waals surface area contributed by atoms with E-state index in [1.165, 1.54) is 0 Å². The topological polar surface area (TPSA) is 102 Å². The van der Waals surface area contributed by atoms with Crippen LogP contribution in [0, 0.1) is 5.92 Å². The van der Waals surface area contributed by atoms with Crippen molar-refractivity contribution >= 4 is 19.6 Å². The van der Waals surface area contributed by atoms with E-state index in [1.807, 2.05) is 28.1 Å². The molecule has 0 N–H and O–H groups in total. The van der Waals surface area contributed by atoms with Gasteiger partial charge in [-0.15, -0.1) is 0 Å². The summed E-state index contributed by atoms with van der Waals surface area (Å²) in [6.07, 6.45) is 6.14. The Morgan fingerprint density at radius 2 is 1.50 bits per heavy atom. The average Bonchev–Trinajstić information content (AvgIpc) is 2.77. The molecule has 36 heavy (non-hydrogen) atoms. The van der Waals surface area contributed by atoms with Gasteiger partial charge in [0.15, 0.2) is 0 Å². The quantitative estimate of drug-likeness (QED) is 0.0748. The molecule has 0 heterocycles. The van der Waals surface area contributed by atoms with E-state index in [-0.39, 0.29) is 26.1 Å². The molecule has 2 unspecified atom stereocenters. The van der Waals surface area contributed by atoms with Crippen LogP contribution in [-0.2, 0) is 27.9 Å². The molecule has 8 nitrogen and oxygen atoms in total. The van der Waals surface area contributed by atoms with Crippen molar-refractivity contribution in [3.05, 3.63) is 0 Å². The molecule has 0 rings (SSSR count). The van der Waals surface area contributed by atoms with Gasteiger partial charge in [0.2, 0.25) is 5.78 Å². The fourth-order valence-corrected chi connectivity index (χ4v) is 4.08. The van der Waals surface area contributed by atoms with E-state index in [1.54, 1.807) is 0 Å². The van der Waals surface area contributed by atoms with E-state index in [4.69, 9.17) is 13.8 Å². The van der Waals surface area contributed by atoms with Crippen molar-refractivity contribution in [3.63, 3.8) is 0 Å². The summed E-state index contributed by atoms with van der Waals surface area (Å²) in [5, 5.41) is 0. The number of alkyl halides is 2. The van der Waals surface area contributed by atoms with Crippen molar-refractivity contribution in [2.24, 2.45) is 5.92 Å². The van der Waals surface area contributed by atoms with Crippen molar-refractivity contribution in [2.45, 2.75) is 96.8 Å². The molecule has 0 amide bonds. The minimum absolute atomic E-state index is 0.114. The van der Waals surface area contributed by atoms with Gasteiger partial charge in [-0.2, -0.15) is 8.78 Å².